The van der Waals surface area contributed by atoms with Gasteiger partial charge in [-0.1, -0.05) is 0 Å². The van der Waals surface area contributed by atoms with Gasteiger partial charge < -0.3 is 10.1 Å². The van der Waals surface area contributed by atoms with Crippen LogP contribution in [0.2, 0.25) is 0 Å². The molecule has 1 unspecified atom stereocenters. The van der Waals surface area contributed by atoms with Crippen LogP contribution in [0.4, 0.5) is 5.69 Å². The number of aromatic nitrogens is 2. The molecule has 1 aromatic heterocycles. The number of rotatable bonds is 2. The molecule has 0 saturated carbocycles. The molecule has 76 valence electrons. The van der Waals surface area contributed by atoms with Crippen molar-refractivity contribution in [2.45, 2.75) is 25.4 Å². The summed E-state index contributed by atoms with van der Waals surface area (Å²) in [4.78, 5) is 11.6. The third kappa shape index (κ3) is 2.11. The van der Waals surface area contributed by atoms with Gasteiger partial charge in [0.05, 0.1) is 11.9 Å². The number of nitrogens with zero attached hydrogens (tertiary/aromatic N) is 1. The summed E-state index contributed by atoms with van der Waals surface area (Å²) in [5.74, 6) is -0.0777. The Morgan fingerprint density at radius 2 is 2.57 bits per heavy atom. The summed E-state index contributed by atoms with van der Waals surface area (Å²) >= 11 is 0. The molecule has 1 atom stereocenters. The molecule has 1 amide bonds. The average Bonchev–Trinajstić information content (AvgIpc) is 2.72. The minimum Gasteiger partial charge on any atom is -0.368 e. The first-order chi connectivity index (χ1) is 6.86. The SMILES string of the molecule is O=C(Nc1cn[nH]c1)C1CCCCO1. The maximum Gasteiger partial charge on any atom is 0.253 e. The largest absolute Gasteiger partial charge is 0.368 e. The Hall–Kier alpha value is -1.36. The molecule has 1 fully saturated rings. The topological polar surface area (TPSA) is 67.0 Å². The molecular formula is C9H13N3O2. The van der Waals surface area contributed by atoms with Crippen LogP contribution in [-0.2, 0) is 9.53 Å². The lowest BCUT2D eigenvalue weighted by atomic mass is 10.1. The summed E-state index contributed by atoms with van der Waals surface area (Å²) in [5.41, 5.74) is 0.684. The van der Waals surface area contributed by atoms with Gasteiger partial charge in [-0.05, 0) is 19.3 Å². The van der Waals surface area contributed by atoms with Gasteiger partial charge in [0.2, 0.25) is 0 Å². The van der Waals surface area contributed by atoms with Crippen LogP contribution in [0.15, 0.2) is 12.4 Å². The van der Waals surface area contributed by atoms with Crippen molar-refractivity contribution in [3.05, 3.63) is 12.4 Å². The van der Waals surface area contributed by atoms with Crippen LogP contribution < -0.4 is 5.32 Å². The molecule has 0 radical (unpaired) electrons. The second-order valence-electron chi connectivity index (χ2n) is 3.33. The number of hydrogen-bond donors (Lipinski definition) is 2. The fraction of sp³-hybridized carbons (Fsp3) is 0.556. The van der Waals surface area contributed by atoms with Crippen LogP contribution in [0.3, 0.4) is 0 Å². The van der Waals surface area contributed by atoms with Crippen molar-refractivity contribution in [2.24, 2.45) is 0 Å². The Bertz CT molecular complexity index is 291. The Balaban J connectivity index is 1.88. The van der Waals surface area contributed by atoms with E-state index >= 15 is 0 Å². The van der Waals surface area contributed by atoms with Gasteiger partial charge in [0.25, 0.3) is 5.91 Å². The van der Waals surface area contributed by atoms with Crippen LogP contribution in [0.1, 0.15) is 19.3 Å². The minimum atomic E-state index is -0.293. The standard InChI is InChI=1S/C9H13N3O2/c13-9(8-3-1-2-4-14-8)12-7-5-10-11-6-7/h5-6,8H,1-4H2,(H,10,11)(H,12,13). The minimum absolute atomic E-state index is 0.0777. The Labute approximate surface area is 81.8 Å². The Kier molecular flexibility index (Phi) is 2.78. The number of hydrogen-bond acceptors (Lipinski definition) is 3. The quantitative estimate of drug-likeness (QED) is 0.737. The van der Waals surface area contributed by atoms with Crippen LogP contribution in [-0.4, -0.2) is 28.8 Å². The molecule has 14 heavy (non-hydrogen) atoms. The number of ether oxygens (including phenoxy) is 1. The van der Waals surface area contributed by atoms with Crippen molar-refractivity contribution < 1.29 is 9.53 Å². The van der Waals surface area contributed by atoms with Gasteiger partial charge >= 0.3 is 0 Å². The molecule has 1 aromatic rings. The van der Waals surface area contributed by atoms with E-state index in [1.165, 1.54) is 0 Å². The summed E-state index contributed by atoms with van der Waals surface area (Å²) in [7, 11) is 0. The number of anilines is 1. The highest BCUT2D eigenvalue weighted by Gasteiger charge is 2.21. The fourth-order valence-corrected chi connectivity index (χ4v) is 1.49. The highest BCUT2D eigenvalue weighted by molar-refractivity contribution is 5.93. The number of aromatic amines is 1. The average molecular weight is 195 g/mol. The Morgan fingerprint density at radius 3 is 3.21 bits per heavy atom. The molecule has 2 heterocycles. The van der Waals surface area contributed by atoms with Crippen LogP contribution in [0, 0.1) is 0 Å². The van der Waals surface area contributed by atoms with Crippen molar-refractivity contribution in [3.8, 4) is 0 Å². The predicted octanol–water partition coefficient (Wildman–Crippen LogP) is 0.917. The van der Waals surface area contributed by atoms with Crippen LogP contribution in [0.25, 0.3) is 0 Å². The van der Waals surface area contributed by atoms with Gasteiger partial charge in [0.1, 0.15) is 6.10 Å². The lowest BCUT2D eigenvalue weighted by molar-refractivity contribution is -0.129. The summed E-state index contributed by atoms with van der Waals surface area (Å²) in [5, 5.41) is 9.11. The summed E-state index contributed by atoms with van der Waals surface area (Å²) in [6.07, 6.45) is 5.84. The highest BCUT2D eigenvalue weighted by atomic mass is 16.5. The van der Waals surface area contributed by atoms with Crippen molar-refractivity contribution in [1.82, 2.24) is 10.2 Å². The number of amides is 1. The van der Waals surface area contributed by atoms with Crippen LogP contribution >= 0.6 is 0 Å². The first-order valence-corrected chi connectivity index (χ1v) is 4.77. The number of nitrogens with one attached hydrogen (secondary N) is 2. The lowest BCUT2D eigenvalue weighted by Gasteiger charge is -2.21. The van der Waals surface area contributed by atoms with Gasteiger partial charge in [-0.2, -0.15) is 5.10 Å². The maximum absolute atomic E-state index is 11.6. The van der Waals surface area contributed by atoms with E-state index in [4.69, 9.17) is 4.74 Å². The summed E-state index contributed by atoms with van der Waals surface area (Å²) < 4.78 is 5.35. The van der Waals surface area contributed by atoms with Gasteiger partial charge in [-0.25, -0.2) is 0 Å². The smallest absolute Gasteiger partial charge is 0.253 e. The molecular weight excluding hydrogens is 182 g/mol. The molecule has 0 aromatic carbocycles. The summed E-state index contributed by atoms with van der Waals surface area (Å²) in [6.45, 7) is 0.684. The third-order valence-corrected chi connectivity index (χ3v) is 2.24. The number of carbonyl (C=O) groups excluding carboxylic acids is 1. The van der Waals surface area contributed by atoms with Gasteiger partial charge in [0.15, 0.2) is 0 Å². The molecule has 2 rings (SSSR count). The lowest BCUT2D eigenvalue weighted by Crippen LogP contribution is -2.33. The molecule has 5 nitrogen and oxygen atoms in total. The summed E-state index contributed by atoms with van der Waals surface area (Å²) in [6, 6.07) is 0. The second-order valence-corrected chi connectivity index (χ2v) is 3.33. The van der Waals surface area contributed by atoms with E-state index in [2.05, 4.69) is 15.5 Å². The highest BCUT2D eigenvalue weighted by Crippen LogP contribution is 2.14. The van der Waals surface area contributed by atoms with Gasteiger partial charge in [0, 0.05) is 12.8 Å². The zero-order valence-electron chi connectivity index (χ0n) is 7.82. The molecule has 2 N–H and O–H groups in total. The Morgan fingerprint density at radius 1 is 1.64 bits per heavy atom. The third-order valence-electron chi connectivity index (χ3n) is 2.24. The molecule has 1 aliphatic rings. The van der Waals surface area contributed by atoms with E-state index in [0.29, 0.717) is 12.3 Å². The van der Waals surface area contributed by atoms with E-state index in [9.17, 15) is 4.79 Å². The number of H-pyrrole nitrogens is 1. The normalized spacial score (nSPS) is 21.9. The first-order valence-electron chi connectivity index (χ1n) is 4.77. The molecule has 0 bridgehead atoms. The molecule has 0 spiro atoms. The zero-order valence-corrected chi connectivity index (χ0v) is 7.82. The molecule has 5 heteroatoms. The second kappa shape index (κ2) is 4.23. The number of carbonyl (C=O) groups is 1. The van der Waals surface area contributed by atoms with Crippen molar-refractivity contribution in [1.29, 1.82) is 0 Å². The predicted molar refractivity (Wildman–Crippen MR) is 50.8 cm³/mol. The fourth-order valence-electron chi connectivity index (χ4n) is 1.49. The van der Waals surface area contributed by atoms with Crippen molar-refractivity contribution >= 4 is 11.6 Å². The monoisotopic (exact) mass is 195 g/mol. The first kappa shape index (κ1) is 9.21. The van der Waals surface area contributed by atoms with E-state index in [1.54, 1.807) is 12.4 Å². The molecule has 1 aliphatic heterocycles. The van der Waals surface area contributed by atoms with Crippen LogP contribution in [0.5, 0.6) is 0 Å². The van der Waals surface area contributed by atoms with Gasteiger partial charge in [-0.3, -0.25) is 9.89 Å². The van der Waals surface area contributed by atoms with E-state index in [0.717, 1.165) is 19.3 Å². The van der Waals surface area contributed by atoms with Crippen molar-refractivity contribution in [2.75, 3.05) is 11.9 Å². The van der Waals surface area contributed by atoms with E-state index in [-0.39, 0.29) is 12.0 Å². The maximum atomic E-state index is 11.6. The van der Waals surface area contributed by atoms with E-state index < -0.39 is 0 Å². The molecule has 1 saturated heterocycles. The van der Waals surface area contributed by atoms with E-state index in [1.807, 2.05) is 0 Å². The molecule has 0 aliphatic carbocycles. The van der Waals surface area contributed by atoms with Crippen molar-refractivity contribution in [3.63, 3.8) is 0 Å². The van der Waals surface area contributed by atoms with Gasteiger partial charge in [-0.15, -0.1) is 0 Å². The zero-order chi connectivity index (χ0) is 9.80.